The van der Waals surface area contributed by atoms with Gasteiger partial charge < -0.3 is 15.4 Å². The predicted octanol–water partition coefficient (Wildman–Crippen LogP) is 4.30. The largest absolute Gasteiger partial charge is 0.496 e. The number of nitrogens with one attached hydrogen (secondary N) is 2. The maximum atomic E-state index is 12.8. The second kappa shape index (κ2) is 8.10. The number of halogens is 3. The molecule has 2 aromatic carbocycles. The second-order valence-corrected chi connectivity index (χ2v) is 6.49. The number of alkyl halides is 3. The highest BCUT2D eigenvalue weighted by Crippen LogP contribution is 2.31. The van der Waals surface area contributed by atoms with Gasteiger partial charge in [0.05, 0.1) is 12.7 Å². The molecular formula is C20H23F3N2O. The molecule has 3 rings (SSSR count). The van der Waals surface area contributed by atoms with Gasteiger partial charge in [0.15, 0.2) is 0 Å². The predicted molar refractivity (Wildman–Crippen MR) is 95.0 cm³/mol. The SMILES string of the molecule is COc1ccccc1CN[C@H]1CCCN[C@H]1c1ccc(C(F)(F)F)cc1. The lowest BCUT2D eigenvalue weighted by molar-refractivity contribution is -0.137. The fourth-order valence-electron chi connectivity index (χ4n) is 3.43. The molecule has 0 amide bonds. The minimum Gasteiger partial charge on any atom is -0.496 e. The topological polar surface area (TPSA) is 33.3 Å². The first-order valence-corrected chi connectivity index (χ1v) is 8.75. The number of methoxy groups -OCH3 is 1. The number of hydrogen-bond acceptors (Lipinski definition) is 3. The molecule has 1 aliphatic heterocycles. The van der Waals surface area contributed by atoms with Crippen LogP contribution in [0.25, 0.3) is 0 Å². The molecule has 0 spiro atoms. The maximum absolute atomic E-state index is 12.8. The maximum Gasteiger partial charge on any atom is 0.416 e. The third-order valence-corrected chi connectivity index (χ3v) is 4.80. The van der Waals surface area contributed by atoms with Crippen molar-refractivity contribution in [2.24, 2.45) is 0 Å². The van der Waals surface area contributed by atoms with Crippen LogP contribution >= 0.6 is 0 Å². The molecule has 2 atom stereocenters. The monoisotopic (exact) mass is 364 g/mol. The summed E-state index contributed by atoms with van der Waals surface area (Å²) < 4.78 is 43.7. The smallest absolute Gasteiger partial charge is 0.416 e. The molecule has 6 heteroatoms. The summed E-state index contributed by atoms with van der Waals surface area (Å²) in [6.45, 7) is 1.51. The Morgan fingerprint density at radius 1 is 1.12 bits per heavy atom. The van der Waals surface area contributed by atoms with E-state index >= 15 is 0 Å². The molecular weight excluding hydrogens is 341 g/mol. The summed E-state index contributed by atoms with van der Waals surface area (Å²) in [4.78, 5) is 0. The Morgan fingerprint density at radius 3 is 2.54 bits per heavy atom. The van der Waals surface area contributed by atoms with E-state index in [1.807, 2.05) is 24.3 Å². The van der Waals surface area contributed by atoms with E-state index in [9.17, 15) is 13.2 Å². The summed E-state index contributed by atoms with van der Waals surface area (Å²) in [5.41, 5.74) is 1.32. The highest BCUT2D eigenvalue weighted by molar-refractivity contribution is 5.33. The summed E-state index contributed by atoms with van der Waals surface area (Å²) in [6, 6.07) is 13.4. The Kier molecular flexibility index (Phi) is 5.84. The van der Waals surface area contributed by atoms with E-state index in [0.717, 1.165) is 48.4 Å². The van der Waals surface area contributed by atoms with Gasteiger partial charge in [-0.05, 0) is 43.1 Å². The van der Waals surface area contributed by atoms with E-state index in [1.54, 1.807) is 19.2 Å². The van der Waals surface area contributed by atoms with Crippen molar-refractivity contribution in [1.29, 1.82) is 0 Å². The molecule has 1 saturated heterocycles. The van der Waals surface area contributed by atoms with Crippen molar-refractivity contribution in [2.75, 3.05) is 13.7 Å². The fourth-order valence-corrected chi connectivity index (χ4v) is 3.43. The van der Waals surface area contributed by atoms with E-state index in [-0.39, 0.29) is 12.1 Å². The molecule has 2 aromatic rings. The molecule has 0 unspecified atom stereocenters. The molecule has 2 N–H and O–H groups in total. The fraction of sp³-hybridized carbons (Fsp3) is 0.400. The third-order valence-electron chi connectivity index (χ3n) is 4.80. The van der Waals surface area contributed by atoms with Crippen LogP contribution in [0.2, 0.25) is 0 Å². The molecule has 140 valence electrons. The lowest BCUT2D eigenvalue weighted by Gasteiger charge is -2.34. The molecule has 1 heterocycles. The molecule has 0 radical (unpaired) electrons. The van der Waals surface area contributed by atoms with Crippen LogP contribution in [-0.2, 0) is 12.7 Å². The van der Waals surface area contributed by atoms with Crippen molar-refractivity contribution < 1.29 is 17.9 Å². The minimum absolute atomic E-state index is 0.0132. The lowest BCUT2D eigenvalue weighted by Crippen LogP contribution is -2.45. The first kappa shape index (κ1) is 18.7. The molecule has 3 nitrogen and oxygen atoms in total. The third kappa shape index (κ3) is 4.37. The molecule has 0 bridgehead atoms. The van der Waals surface area contributed by atoms with Gasteiger partial charge in [0.1, 0.15) is 5.75 Å². The van der Waals surface area contributed by atoms with Crippen molar-refractivity contribution in [2.45, 2.75) is 37.6 Å². The van der Waals surface area contributed by atoms with Crippen LogP contribution in [0.15, 0.2) is 48.5 Å². The van der Waals surface area contributed by atoms with Gasteiger partial charge in [0, 0.05) is 24.2 Å². The molecule has 26 heavy (non-hydrogen) atoms. The number of benzene rings is 2. The van der Waals surface area contributed by atoms with E-state index < -0.39 is 11.7 Å². The quantitative estimate of drug-likeness (QED) is 0.830. The summed E-state index contributed by atoms with van der Waals surface area (Å²) in [7, 11) is 1.64. The van der Waals surface area contributed by atoms with Gasteiger partial charge in [-0.1, -0.05) is 30.3 Å². The summed E-state index contributed by atoms with van der Waals surface area (Å²) in [5.74, 6) is 0.829. The van der Waals surface area contributed by atoms with Crippen molar-refractivity contribution in [3.05, 3.63) is 65.2 Å². The lowest BCUT2D eigenvalue weighted by atomic mass is 9.91. The number of rotatable bonds is 5. The first-order chi connectivity index (χ1) is 12.5. The molecule has 0 saturated carbocycles. The highest BCUT2D eigenvalue weighted by atomic mass is 19.4. The van der Waals surface area contributed by atoms with E-state index in [2.05, 4.69) is 10.6 Å². The Bertz CT molecular complexity index is 716. The van der Waals surface area contributed by atoms with Crippen LogP contribution in [0.1, 0.15) is 35.6 Å². The summed E-state index contributed by atoms with van der Waals surface area (Å²) in [5, 5.41) is 6.97. The van der Waals surface area contributed by atoms with Gasteiger partial charge >= 0.3 is 6.18 Å². The van der Waals surface area contributed by atoms with Gasteiger partial charge in [-0.15, -0.1) is 0 Å². The average molecular weight is 364 g/mol. The summed E-state index contributed by atoms with van der Waals surface area (Å²) >= 11 is 0. The van der Waals surface area contributed by atoms with E-state index in [4.69, 9.17) is 4.74 Å². The zero-order valence-corrected chi connectivity index (χ0v) is 14.6. The van der Waals surface area contributed by atoms with E-state index in [1.165, 1.54) is 0 Å². The van der Waals surface area contributed by atoms with Gasteiger partial charge in [-0.25, -0.2) is 0 Å². The van der Waals surface area contributed by atoms with Crippen molar-refractivity contribution >= 4 is 0 Å². The van der Waals surface area contributed by atoms with Gasteiger partial charge in [-0.2, -0.15) is 13.2 Å². The number of piperidine rings is 1. The Hall–Kier alpha value is -2.05. The van der Waals surface area contributed by atoms with Gasteiger partial charge in [0.2, 0.25) is 0 Å². The number of hydrogen-bond donors (Lipinski definition) is 2. The zero-order valence-electron chi connectivity index (χ0n) is 14.6. The average Bonchev–Trinajstić information content (AvgIpc) is 2.66. The van der Waals surface area contributed by atoms with Crippen molar-refractivity contribution in [3.63, 3.8) is 0 Å². The second-order valence-electron chi connectivity index (χ2n) is 6.49. The number of para-hydroxylation sites is 1. The normalized spacial score (nSPS) is 20.8. The van der Waals surface area contributed by atoms with E-state index in [0.29, 0.717) is 6.54 Å². The summed E-state index contributed by atoms with van der Waals surface area (Å²) in [6.07, 6.45) is -2.31. The Labute approximate surface area is 151 Å². The van der Waals surface area contributed by atoms with Gasteiger partial charge in [-0.3, -0.25) is 0 Å². The van der Waals surface area contributed by atoms with Gasteiger partial charge in [0.25, 0.3) is 0 Å². The Balaban J connectivity index is 1.71. The van der Waals surface area contributed by atoms with Crippen LogP contribution in [0.3, 0.4) is 0 Å². The van der Waals surface area contributed by atoms with Crippen LogP contribution in [0, 0.1) is 0 Å². The molecule has 1 aliphatic rings. The first-order valence-electron chi connectivity index (χ1n) is 8.75. The van der Waals surface area contributed by atoms with Crippen LogP contribution in [0.4, 0.5) is 13.2 Å². The molecule has 0 aromatic heterocycles. The zero-order chi connectivity index (χ0) is 18.6. The van der Waals surface area contributed by atoms with Crippen molar-refractivity contribution in [3.8, 4) is 5.75 Å². The van der Waals surface area contributed by atoms with Crippen LogP contribution in [0.5, 0.6) is 5.75 Å². The van der Waals surface area contributed by atoms with Crippen molar-refractivity contribution in [1.82, 2.24) is 10.6 Å². The molecule has 1 fully saturated rings. The minimum atomic E-state index is -4.31. The number of ether oxygens (including phenoxy) is 1. The van der Waals surface area contributed by atoms with Crippen LogP contribution in [-0.4, -0.2) is 19.7 Å². The standard InChI is InChI=1S/C20H23F3N2O/c1-26-18-7-3-2-5-15(18)13-25-17-6-4-12-24-19(17)14-8-10-16(11-9-14)20(21,22)23/h2-3,5,7-11,17,19,24-25H,4,6,12-13H2,1H3/t17-,19-/m0/s1. The molecule has 0 aliphatic carbocycles. The Morgan fingerprint density at radius 2 is 1.85 bits per heavy atom. The van der Waals surface area contributed by atoms with Crippen LogP contribution < -0.4 is 15.4 Å². The highest BCUT2D eigenvalue weighted by Gasteiger charge is 2.31.